The van der Waals surface area contributed by atoms with Crippen molar-refractivity contribution < 1.29 is 9.53 Å². The van der Waals surface area contributed by atoms with E-state index in [1.807, 2.05) is 24.3 Å². The zero-order valence-electron chi connectivity index (χ0n) is 20.3. The molecule has 0 unspecified atom stereocenters. The minimum Gasteiger partial charge on any atom is -0.462 e. The Kier molecular flexibility index (Phi) is 8.21. The number of fused-ring (bicyclic) bond motifs is 1. The molecule has 2 aromatic heterocycles. The zero-order valence-corrected chi connectivity index (χ0v) is 21.9. The van der Waals surface area contributed by atoms with Crippen molar-refractivity contribution in [2.75, 3.05) is 24.6 Å². The van der Waals surface area contributed by atoms with Gasteiger partial charge in [-0.05, 0) is 74.9 Å². The number of hydrogen-bond donors (Lipinski definition) is 0. The summed E-state index contributed by atoms with van der Waals surface area (Å²) in [6.45, 7) is 8.28. The lowest BCUT2D eigenvalue weighted by Crippen LogP contribution is -2.21. The Balaban J connectivity index is 1.47. The minimum atomic E-state index is -0.374. The molecule has 0 fully saturated rings. The summed E-state index contributed by atoms with van der Waals surface area (Å²) in [7, 11) is 0. The van der Waals surface area contributed by atoms with E-state index in [0.29, 0.717) is 22.9 Å². The first kappa shape index (κ1) is 25.2. The highest BCUT2D eigenvalue weighted by Gasteiger charge is 2.11. The first-order valence-corrected chi connectivity index (χ1v) is 13.2. The number of thiophene rings is 1. The van der Waals surface area contributed by atoms with Crippen LogP contribution in [-0.2, 0) is 4.74 Å². The molecule has 0 saturated carbocycles. The molecule has 0 radical (unpaired) electrons. The second-order valence-electron chi connectivity index (χ2n) is 7.67. The lowest BCUT2D eigenvalue weighted by molar-refractivity contribution is 0.0526. The molecule has 7 nitrogen and oxygen atoms in total. The Bertz CT molecular complexity index is 1410. The number of anilines is 1. The number of esters is 1. The predicted molar refractivity (Wildman–Crippen MR) is 148 cm³/mol. The molecule has 0 saturated heterocycles. The van der Waals surface area contributed by atoms with Crippen molar-refractivity contribution in [1.29, 1.82) is 5.26 Å². The summed E-state index contributed by atoms with van der Waals surface area (Å²) in [5, 5.41) is 18.9. The second kappa shape index (κ2) is 11.7. The topological polar surface area (TPSA) is 90.9 Å². The van der Waals surface area contributed by atoms with Gasteiger partial charge < -0.3 is 9.64 Å². The number of nitriles is 1. The van der Waals surface area contributed by atoms with E-state index in [2.05, 4.69) is 52.2 Å². The maximum absolute atomic E-state index is 11.8. The summed E-state index contributed by atoms with van der Waals surface area (Å²) < 4.78 is 6.00. The number of ether oxygens (including phenoxy) is 1. The van der Waals surface area contributed by atoms with Crippen LogP contribution in [0.3, 0.4) is 0 Å². The summed E-state index contributed by atoms with van der Waals surface area (Å²) in [6, 6.07) is 19.1. The molecule has 4 aromatic rings. The molecule has 9 heteroatoms. The Morgan fingerprint density at radius 1 is 1.03 bits per heavy atom. The number of benzene rings is 2. The predicted octanol–water partition coefficient (Wildman–Crippen LogP) is 7.86. The van der Waals surface area contributed by atoms with Crippen LogP contribution in [0.4, 0.5) is 16.5 Å². The first-order valence-electron chi connectivity index (χ1n) is 11.6. The van der Waals surface area contributed by atoms with Crippen LogP contribution in [0.25, 0.3) is 21.2 Å². The summed E-state index contributed by atoms with van der Waals surface area (Å²) in [5.74, 6) is -0.374. The molecule has 0 aliphatic rings. The van der Waals surface area contributed by atoms with E-state index in [1.165, 1.54) is 28.4 Å². The molecule has 0 aliphatic carbocycles. The van der Waals surface area contributed by atoms with Gasteiger partial charge in [-0.15, -0.1) is 21.6 Å². The van der Waals surface area contributed by atoms with Gasteiger partial charge in [0.25, 0.3) is 0 Å². The molecule has 0 spiro atoms. The lowest BCUT2D eigenvalue weighted by atomic mass is 10.0. The normalized spacial score (nSPS) is 11.7. The Morgan fingerprint density at radius 2 is 1.72 bits per heavy atom. The highest BCUT2D eigenvalue weighted by atomic mass is 32.1. The van der Waals surface area contributed by atoms with Crippen molar-refractivity contribution in [3.63, 3.8) is 0 Å². The van der Waals surface area contributed by atoms with Crippen molar-refractivity contribution in [3.05, 3.63) is 70.6 Å². The van der Waals surface area contributed by atoms with Crippen LogP contribution >= 0.6 is 22.7 Å². The number of rotatable bonds is 9. The number of thiazole rings is 1. The van der Waals surface area contributed by atoms with Gasteiger partial charge >= 0.3 is 5.97 Å². The van der Waals surface area contributed by atoms with E-state index in [4.69, 9.17) is 4.74 Å². The van der Waals surface area contributed by atoms with E-state index in [1.54, 1.807) is 31.2 Å². The first-order chi connectivity index (χ1) is 17.5. The maximum atomic E-state index is 11.8. The Morgan fingerprint density at radius 3 is 2.33 bits per heavy atom. The lowest BCUT2D eigenvalue weighted by Gasteiger charge is -2.20. The van der Waals surface area contributed by atoms with Gasteiger partial charge in [0.05, 0.1) is 34.2 Å². The van der Waals surface area contributed by atoms with Gasteiger partial charge in [0.15, 0.2) is 0 Å². The number of nitrogens with zero attached hydrogens (tertiary/aromatic N) is 5. The third-order valence-electron chi connectivity index (χ3n) is 5.44. The largest absolute Gasteiger partial charge is 0.462 e. The third kappa shape index (κ3) is 5.85. The molecular formula is C27H25N5O2S2. The van der Waals surface area contributed by atoms with Crippen molar-refractivity contribution in [2.45, 2.75) is 20.8 Å². The van der Waals surface area contributed by atoms with Crippen LogP contribution in [0.15, 0.2) is 64.8 Å². The van der Waals surface area contributed by atoms with Gasteiger partial charge in [-0.3, -0.25) is 0 Å². The van der Waals surface area contributed by atoms with Crippen LogP contribution in [0, 0.1) is 11.3 Å². The van der Waals surface area contributed by atoms with Gasteiger partial charge in [-0.25, -0.2) is 9.78 Å². The van der Waals surface area contributed by atoms with Gasteiger partial charge in [0.1, 0.15) is 4.83 Å². The molecule has 0 N–H and O–H groups in total. The summed E-state index contributed by atoms with van der Waals surface area (Å²) in [5.41, 5.74) is 3.64. The average molecular weight is 516 g/mol. The van der Waals surface area contributed by atoms with Crippen LogP contribution in [-0.4, -0.2) is 30.6 Å². The van der Waals surface area contributed by atoms with Crippen molar-refractivity contribution in [2.24, 2.45) is 10.2 Å². The average Bonchev–Trinajstić information content (AvgIpc) is 3.46. The molecule has 0 atom stereocenters. The highest BCUT2D eigenvalue weighted by Crippen LogP contribution is 2.36. The molecule has 36 heavy (non-hydrogen) atoms. The molecule has 182 valence electrons. The van der Waals surface area contributed by atoms with Gasteiger partial charge in [-0.1, -0.05) is 23.5 Å². The SMILES string of the molecule is CCOC(=O)c1ccc(/C(C#N)=C/c2cc3sc(/N=N/c4ccc(N(CC)CC)cc4)nc3s2)cc1. The van der Waals surface area contributed by atoms with Gasteiger partial charge in [0, 0.05) is 23.7 Å². The number of azo groups is 1. The van der Waals surface area contributed by atoms with Gasteiger partial charge in [0.2, 0.25) is 5.13 Å². The maximum Gasteiger partial charge on any atom is 0.338 e. The van der Waals surface area contributed by atoms with E-state index in [9.17, 15) is 10.1 Å². The molecule has 2 aromatic carbocycles. The van der Waals surface area contributed by atoms with Crippen LogP contribution in [0.5, 0.6) is 0 Å². The van der Waals surface area contributed by atoms with Crippen molar-refractivity contribution >= 4 is 66.3 Å². The van der Waals surface area contributed by atoms with Gasteiger partial charge in [-0.2, -0.15) is 5.26 Å². The molecule has 0 aliphatic heterocycles. The minimum absolute atomic E-state index is 0.320. The highest BCUT2D eigenvalue weighted by molar-refractivity contribution is 7.29. The monoisotopic (exact) mass is 515 g/mol. The van der Waals surface area contributed by atoms with E-state index < -0.39 is 0 Å². The molecule has 0 amide bonds. The molecule has 4 rings (SSSR count). The quantitative estimate of drug-likeness (QED) is 0.129. The standard InChI is InChI=1S/C27H25N5O2S2/c1-4-32(5-2)22-13-11-21(12-14-22)30-31-27-29-25-24(36-27)16-23(35-25)15-20(17-28)18-7-9-19(10-8-18)26(33)34-6-3/h7-16H,4-6H2,1-3H3/b20-15+,31-30+. The smallest absolute Gasteiger partial charge is 0.338 e. The van der Waals surface area contributed by atoms with Crippen LogP contribution in [0.1, 0.15) is 41.6 Å². The number of allylic oxidation sites excluding steroid dienone is 1. The number of carbonyl (C=O) groups excluding carboxylic acids is 1. The number of carbonyl (C=O) groups is 1. The molecular weight excluding hydrogens is 490 g/mol. The number of hydrogen-bond acceptors (Lipinski definition) is 9. The Labute approximate surface area is 218 Å². The van der Waals surface area contributed by atoms with Crippen LogP contribution in [0.2, 0.25) is 0 Å². The summed E-state index contributed by atoms with van der Waals surface area (Å²) in [6.07, 6.45) is 1.83. The van der Waals surface area contributed by atoms with E-state index >= 15 is 0 Å². The second-order valence-corrected chi connectivity index (χ2v) is 9.74. The summed E-state index contributed by atoms with van der Waals surface area (Å²) in [4.78, 5) is 20.5. The van der Waals surface area contributed by atoms with Crippen molar-refractivity contribution in [3.8, 4) is 6.07 Å². The fraction of sp³-hybridized carbons (Fsp3) is 0.222. The fourth-order valence-electron chi connectivity index (χ4n) is 3.60. The van der Waals surface area contributed by atoms with Crippen LogP contribution < -0.4 is 4.90 Å². The van der Waals surface area contributed by atoms with Crippen molar-refractivity contribution in [1.82, 2.24) is 4.98 Å². The zero-order chi connectivity index (χ0) is 25.5. The third-order valence-corrected chi connectivity index (χ3v) is 7.43. The molecule has 2 heterocycles. The number of aromatic nitrogens is 1. The molecule has 0 bridgehead atoms. The van der Waals surface area contributed by atoms with E-state index in [-0.39, 0.29) is 5.97 Å². The van der Waals surface area contributed by atoms with E-state index in [0.717, 1.165) is 38.7 Å². The summed E-state index contributed by atoms with van der Waals surface area (Å²) >= 11 is 2.95. The fourth-order valence-corrected chi connectivity index (χ4v) is 5.58. The Hall–Kier alpha value is -3.87.